The van der Waals surface area contributed by atoms with E-state index in [9.17, 15) is 9.90 Å². The maximum absolute atomic E-state index is 12.2. The molecule has 4 nitrogen and oxygen atoms in total. The summed E-state index contributed by atoms with van der Waals surface area (Å²) in [5, 5.41) is 10.6. The van der Waals surface area contributed by atoms with Crippen LogP contribution in [-0.4, -0.2) is 24.4 Å². The molecule has 0 unspecified atom stereocenters. The van der Waals surface area contributed by atoms with Crippen LogP contribution in [0.1, 0.15) is 39.2 Å². The molecule has 1 aromatic carbocycles. The Bertz CT molecular complexity index is 782. The lowest BCUT2D eigenvalue weighted by Gasteiger charge is -2.11. The quantitative estimate of drug-likeness (QED) is 0.610. The Balaban J connectivity index is 2.02. The Morgan fingerprint density at radius 2 is 2.17 bits per heavy atom. The van der Waals surface area contributed by atoms with E-state index in [2.05, 4.69) is 20.9 Å². The van der Waals surface area contributed by atoms with Crippen molar-refractivity contribution in [3.8, 4) is 5.75 Å². The first-order valence-corrected chi connectivity index (χ1v) is 8.96. The minimum atomic E-state index is -0.338. The molecule has 2 aromatic rings. The highest BCUT2D eigenvalue weighted by Gasteiger charge is 2.25. The number of rotatable bonds is 3. The Morgan fingerprint density at radius 3 is 2.96 bits per heavy atom. The number of methoxy groups -OCH3 is 1. The van der Waals surface area contributed by atoms with Crippen LogP contribution < -0.4 is 0 Å². The van der Waals surface area contributed by atoms with E-state index in [4.69, 9.17) is 4.74 Å². The molecule has 0 atom stereocenters. The van der Waals surface area contributed by atoms with Crippen molar-refractivity contribution in [2.75, 3.05) is 7.11 Å². The van der Waals surface area contributed by atoms with Crippen LogP contribution in [0, 0.1) is 0 Å². The van der Waals surface area contributed by atoms with Crippen molar-refractivity contribution >= 4 is 44.5 Å². The van der Waals surface area contributed by atoms with Crippen molar-refractivity contribution in [2.24, 2.45) is 4.99 Å². The molecule has 0 radical (unpaired) electrons. The second-order valence-electron chi connectivity index (χ2n) is 5.34. The summed E-state index contributed by atoms with van der Waals surface area (Å²) in [6.07, 6.45) is 5.70. The molecule has 6 heteroatoms. The molecule has 1 aliphatic rings. The largest absolute Gasteiger partial charge is 0.507 e. The van der Waals surface area contributed by atoms with Gasteiger partial charge < -0.3 is 9.84 Å². The smallest absolute Gasteiger partial charge is 0.341 e. The number of carbonyl (C=O) groups excluding carboxylic acids is 1. The van der Waals surface area contributed by atoms with Crippen LogP contribution in [0.15, 0.2) is 27.7 Å². The second kappa shape index (κ2) is 6.84. The topological polar surface area (TPSA) is 58.9 Å². The van der Waals surface area contributed by atoms with Gasteiger partial charge in [-0.05, 0) is 49.4 Å². The summed E-state index contributed by atoms with van der Waals surface area (Å²) in [4.78, 5) is 17.8. The Labute approximate surface area is 147 Å². The maximum Gasteiger partial charge on any atom is 0.341 e. The number of carbonyl (C=O) groups is 1. The van der Waals surface area contributed by atoms with Crippen molar-refractivity contribution in [1.82, 2.24) is 0 Å². The summed E-state index contributed by atoms with van der Waals surface area (Å²) in [6.45, 7) is 0. The number of aromatic hydroxyl groups is 1. The van der Waals surface area contributed by atoms with Crippen LogP contribution in [-0.2, 0) is 17.6 Å². The van der Waals surface area contributed by atoms with Gasteiger partial charge in [-0.3, -0.25) is 0 Å². The van der Waals surface area contributed by atoms with E-state index in [1.165, 1.54) is 12.0 Å². The zero-order valence-corrected chi connectivity index (χ0v) is 15.0. The van der Waals surface area contributed by atoms with Gasteiger partial charge in [-0.25, -0.2) is 9.79 Å². The van der Waals surface area contributed by atoms with E-state index < -0.39 is 0 Å². The number of halogens is 1. The Hall–Kier alpha value is -1.66. The molecule has 1 aliphatic carbocycles. The fourth-order valence-corrected chi connectivity index (χ4v) is 4.31. The fourth-order valence-electron chi connectivity index (χ4n) is 2.71. The number of aryl methyl sites for hydroxylation is 1. The molecule has 1 N–H and O–H groups in total. The average molecular weight is 394 g/mol. The van der Waals surface area contributed by atoms with Gasteiger partial charge in [0.2, 0.25) is 0 Å². The van der Waals surface area contributed by atoms with E-state index in [1.807, 2.05) is 0 Å². The average Bonchev–Trinajstić information content (AvgIpc) is 2.93. The van der Waals surface area contributed by atoms with Crippen molar-refractivity contribution in [2.45, 2.75) is 25.7 Å². The first kappa shape index (κ1) is 16.2. The first-order chi connectivity index (χ1) is 11.1. The van der Waals surface area contributed by atoms with Gasteiger partial charge in [-0.15, -0.1) is 11.3 Å². The molecule has 0 bridgehead atoms. The third-order valence-electron chi connectivity index (χ3n) is 3.85. The van der Waals surface area contributed by atoms with Crippen LogP contribution in [0.25, 0.3) is 0 Å². The van der Waals surface area contributed by atoms with Crippen LogP contribution in [0.2, 0.25) is 0 Å². The van der Waals surface area contributed by atoms with E-state index in [0.29, 0.717) is 16.1 Å². The van der Waals surface area contributed by atoms with Crippen LogP contribution >= 0.6 is 27.3 Å². The number of phenolic OH excluding ortho intramolecular Hbond substituents is 1. The minimum absolute atomic E-state index is 0.151. The lowest BCUT2D eigenvalue weighted by atomic mass is 9.95. The van der Waals surface area contributed by atoms with Crippen molar-refractivity contribution in [3.05, 3.63) is 44.2 Å². The molecule has 120 valence electrons. The zero-order valence-electron chi connectivity index (χ0n) is 12.6. The maximum atomic E-state index is 12.2. The van der Waals surface area contributed by atoms with Gasteiger partial charge in [0, 0.05) is 21.1 Å². The molecule has 0 fully saturated rings. The highest BCUT2D eigenvalue weighted by molar-refractivity contribution is 9.10. The Morgan fingerprint density at radius 1 is 1.39 bits per heavy atom. The van der Waals surface area contributed by atoms with Gasteiger partial charge in [-0.1, -0.05) is 15.9 Å². The normalized spacial score (nSPS) is 14.0. The predicted molar refractivity (Wildman–Crippen MR) is 95.4 cm³/mol. The molecular weight excluding hydrogens is 378 g/mol. The summed E-state index contributed by atoms with van der Waals surface area (Å²) in [5.74, 6) is -0.187. The van der Waals surface area contributed by atoms with Gasteiger partial charge >= 0.3 is 5.97 Å². The zero-order chi connectivity index (χ0) is 16.4. The number of hydrogen-bond donors (Lipinski definition) is 1. The summed E-state index contributed by atoms with van der Waals surface area (Å²) in [6, 6.07) is 5.15. The summed E-state index contributed by atoms with van der Waals surface area (Å²) < 4.78 is 5.79. The standard InChI is InChI=1S/C17H16BrNO3S/c1-22-17(21)15-12-4-2-3-5-14(12)23-16(15)19-9-10-8-11(18)6-7-13(10)20/h6-9,20H,2-5H2,1H3/b19-9+. The van der Waals surface area contributed by atoms with Crippen LogP contribution in [0.4, 0.5) is 5.00 Å². The van der Waals surface area contributed by atoms with Crippen molar-refractivity contribution < 1.29 is 14.6 Å². The first-order valence-electron chi connectivity index (χ1n) is 7.35. The third-order valence-corrected chi connectivity index (χ3v) is 5.55. The molecule has 3 rings (SSSR count). The number of benzene rings is 1. The molecule has 0 saturated heterocycles. The minimum Gasteiger partial charge on any atom is -0.507 e. The molecule has 0 spiro atoms. The molecule has 0 saturated carbocycles. The predicted octanol–water partition coefficient (Wildman–Crippen LogP) is 4.63. The lowest BCUT2D eigenvalue weighted by Crippen LogP contribution is -2.07. The van der Waals surface area contributed by atoms with Gasteiger partial charge in [0.1, 0.15) is 10.8 Å². The molecule has 1 aromatic heterocycles. The van der Waals surface area contributed by atoms with E-state index in [0.717, 1.165) is 35.7 Å². The number of esters is 1. The van der Waals surface area contributed by atoms with Crippen LogP contribution in [0.3, 0.4) is 0 Å². The summed E-state index contributed by atoms with van der Waals surface area (Å²) in [5.41, 5.74) is 2.26. The van der Waals surface area contributed by atoms with Crippen LogP contribution in [0.5, 0.6) is 5.75 Å². The second-order valence-corrected chi connectivity index (χ2v) is 7.34. The SMILES string of the molecule is COC(=O)c1c(/N=C/c2cc(Br)ccc2O)sc2c1CCCC2. The molecular formula is C17H16BrNO3S. The van der Waals surface area contributed by atoms with Gasteiger partial charge in [0.25, 0.3) is 0 Å². The van der Waals surface area contributed by atoms with E-state index in [-0.39, 0.29) is 11.7 Å². The number of phenols is 1. The highest BCUT2D eigenvalue weighted by Crippen LogP contribution is 2.40. The van der Waals surface area contributed by atoms with Gasteiger partial charge in [-0.2, -0.15) is 0 Å². The number of thiophene rings is 1. The monoisotopic (exact) mass is 393 g/mol. The van der Waals surface area contributed by atoms with Gasteiger partial charge in [0.05, 0.1) is 12.7 Å². The number of hydrogen-bond acceptors (Lipinski definition) is 5. The van der Waals surface area contributed by atoms with E-state index in [1.54, 1.807) is 35.8 Å². The molecule has 0 amide bonds. The van der Waals surface area contributed by atoms with Gasteiger partial charge in [0.15, 0.2) is 0 Å². The highest BCUT2D eigenvalue weighted by atomic mass is 79.9. The summed E-state index contributed by atoms with van der Waals surface area (Å²) >= 11 is 4.92. The number of fused-ring (bicyclic) bond motifs is 1. The molecule has 1 heterocycles. The summed E-state index contributed by atoms with van der Waals surface area (Å²) in [7, 11) is 1.39. The number of ether oxygens (including phenoxy) is 1. The molecule has 23 heavy (non-hydrogen) atoms. The van der Waals surface area contributed by atoms with Crippen molar-refractivity contribution in [3.63, 3.8) is 0 Å². The molecule has 0 aliphatic heterocycles. The number of nitrogens with zero attached hydrogens (tertiary/aromatic N) is 1. The number of aliphatic imine (C=N–C) groups is 1. The third kappa shape index (κ3) is 3.33. The lowest BCUT2D eigenvalue weighted by molar-refractivity contribution is 0.0601. The van der Waals surface area contributed by atoms with E-state index >= 15 is 0 Å². The van der Waals surface area contributed by atoms with Crippen molar-refractivity contribution in [1.29, 1.82) is 0 Å². The Kier molecular flexibility index (Phi) is 4.82. The fraction of sp³-hybridized carbons (Fsp3) is 0.294.